The third kappa shape index (κ3) is 3.61. The van der Waals surface area contributed by atoms with Crippen LogP contribution in [0, 0.1) is 10.4 Å². The minimum absolute atomic E-state index is 0.677. The van der Waals surface area contributed by atoms with Crippen molar-refractivity contribution in [2.45, 2.75) is 32.1 Å². The Morgan fingerprint density at radius 1 is 0.733 bits per heavy atom. The maximum Gasteiger partial charge on any atom is 0.103 e. The summed E-state index contributed by atoms with van der Waals surface area (Å²) in [5.74, 6) is 0.677. The number of benzene rings is 3. The average Bonchev–Trinajstić information content (AvgIpc) is 2.99. The van der Waals surface area contributed by atoms with Crippen molar-refractivity contribution in [3.63, 3.8) is 0 Å². The number of fused-ring (bicyclic) bond motifs is 5. The number of nitrogens with zero attached hydrogens (tertiary/aromatic N) is 1. The minimum Gasteiger partial charge on any atom is -0.387 e. The summed E-state index contributed by atoms with van der Waals surface area (Å²) >= 11 is 0. The Hall–Kier alpha value is -3.39. The molecule has 0 aromatic heterocycles. The van der Waals surface area contributed by atoms with Crippen LogP contribution < -0.4 is 16.2 Å². The molecule has 3 aromatic carbocycles. The maximum absolute atomic E-state index is 5.65. The summed E-state index contributed by atoms with van der Waals surface area (Å²) in [6, 6.07) is 21.4. The highest BCUT2D eigenvalue weighted by atomic mass is 14.9. The van der Waals surface area contributed by atoms with Gasteiger partial charge in [0.05, 0.1) is 5.69 Å². The van der Waals surface area contributed by atoms with E-state index in [1.165, 1.54) is 40.1 Å². The molecule has 0 atom stereocenters. The molecule has 0 unspecified atom stereocenters. The predicted molar refractivity (Wildman–Crippen MR) is 127 cm³/mol. The molecule has 0 radical (unpaired) electrons. The molecule has 2 heteroatoms. The summed E-state index contributed by atoms with van der Waals surface area (Å²) in [5.41, 5.74) is 10.9. The molecule has 6 rings (SSSR count). The molecule has 2 N–H and O–H groups in total. The number of hydrogen-bond donors (Lipinski definition) is 1. The molecule has 2 nitrogen and oxygen atoms in total. The van der Waals surface area contributed by atoms with E-state index in [0.29, 0.717) is 5.84 Å². The van der Waals surface area contributed by atoms with Crippen molar-refractivity contribution in [2.75, 3.05) is 0 Å². The van der Waals surface area contributed by atoms with Gasteiger partial charge < -0.3 is 5.73 Å². The van der Waals surface area contributed by atoms with Gasteiger partial charge in [0.25, 0.3) is 0 Å². The van der Waals surface area contributed by atoms with E-state index in [1.807, 2.05) is 30.3 Å². The number of nitrogens with two attached hydrogens (primary N) is 1. The van der Waals surface area contributed by atoms with Crippen LogP contribution in [0.3, 0.4) is 0 Å². The van der Waals surface area contributed by atoms with Gasteiger partial charge in [0.1, 0.15) is 5.84 Å². The van der Waals surface area contributed by atoms with E-state index in [1.54, 1.807) is 11.1 Å². The SMILES string of the molecule is C1=c2ccc3c(c2CCC1)CC=c1ccccc1=3.NC1=Nc2ccccc2C=CC1. The highest BCUT2D eigenvalue weighted by molar-refractivity contribution is 5.88. The van der Waals surface area contributed by atoms with Crippen molar-refractivity contribution in [1.29, 1.82) is 0 Å². The first-order valence-electron chi connectivity index (χ1n) is 10.8. The maximum atomic E-state index is 5.65. The van der Waals surface area contributed by atoms with Crippen LogP contribution >= 0.6 is 0 Å². The second kappa shape index (κ2) is 8.16. The van der Waals surface area contributed by atoms with Crippen molar-refractivity contribution < 1.29 is 0 Å². The van der Waals surface area contributed by atoms with Gasteiger partial charge in [0, 0.05) is 6.42 Å². The van der Waals surface area contributed by atoms with Gasteiger partial charge >= 0.3 is 0 Å². The number of rotatable bonds is 0. The van der Waals surface area contributed by atoms with Gasteiger partial charge in [-0.2, -0.15) is 0 Å². The van der Waals surface area contributed by atoms with Crippen molar-refractivity contribution in [3.05, 3.63) is 104 Å². The zero-order valence-electron chi connectivity index (χ0n) is 17.1. The predicted octanol–water partition coefficient (Wildman–Crippen LogP) is 4.52. The molecule has 0 fully saturated rings. The lowest BCUT2D eigenvalue weighted by molar-refractivity contribution is 0.824. The molecular formula is C28H26N2. The molecule has 3 aliphatic rings. The Balaban J connectivity index is 0.000000140. The van der Waals surface area contributed by atoms with E-state index in [4.69, 9.17) is 5.73 Å². The summed E-state index contributed by atoms with van der Waals surface area (Å²) in [7, 11) is 0. The molecule has 0 bridgehead atoms. The monoisotopic (exact) mass is 390 g/mol. The molecule has 0 saturated carbocycles. The van der Waals surface area contributed by atoms with E-state index >= 15 is 0 Å². The molecule has 0 spiro atoms. The van der Waals surface area contributed by atoms with Crippen LogP contribution in [0.15, 0.2) is 71.7 Å². The highest BCUT2D eigenvalue weighted by Gasteiger charge is 2.10. The van der Waals surface area contributed by atoms with Crippen LogP contribution in [0.5, 0.6) is 0 Å². The Morgan fingerprint density at radius 2 is 1.60 bits per heavy atom. The zero-order valence-corrected chi connectivity index (χ0v) is 17.1. The lowest BCUT2D eigenvalue weighted by Gasteiger charge is -2.16. The third-order valence-electron chi connectivity index (χ3n) is 6.06. The Morgan fingerprint density at radius 3 is 2.57 bits per heavy atom. The Labute approximate surface area is 177 Å². The van der Waals surface area contributed by atoms with Crippen LogP contribution in [0.2, 0.25) is 0 Å². The van der Waals surface area contributed by atoms with Crippen LogP contribution in [-0.4, -0.2) is 5.84 Å². The highest BCUT2D eigenvalue weighted by Crippen LogP contribution is 2.22. The summed E-state index contributed by atoms with van der Waals surface area (Å²) < 4.78 is 0. The average molecular weight is 391 g/mol. The first-order chi connectivity index (χ1) is 14.8. The minimum atomic E-state index is 0.677. The number of aliphatic imine (C=N–C) groups is 1. The lowest BCUT2D eigenvalue weighted by atomic mass is 9.89. The van der Waals surface area contributed by atoms with Gasteiger partial charge in [-0.3, -0.25) is 0 Å². The molecule has 148 valence electrons. The zero-order chi connectivity index (χ0) is 20.3. The molecule has 0 amide bonds. The van der Waals surface area contributed by atoms with Crippen molar-refractivity contribution in [1.82, 2.24) is 0 Å². The second-order valence-electron chi connectivity index (χ2n) is 8.02. The quantitative estimate of drug-likeness (QED) is 0.602. The van der Waals surface area contributed by atoms with Gasteiger partial charge in [-0.15, -0.1) is 0 Å². The third-order valence-corrected chi connectivity index (χ3v) is 6.06. The van der Waals surface area contributed by atoms with Crippen molar-refractivity contribution >= 4 is 29.8 Å². The van der Waals surface area contributed by atoms with Crippen molar-refractivity contribution in [2.24, 2.45) is 10.7 Å². The molecule has 3 aromatic rings. The number of hydrogen-bond acceptors (Lipinski definition) is 2. The lowest BCUT2D eigenvalue weighted by Crippen LogP contribution is -2.19. The fourth-order valence-corrected chi connectivity index (χ4v) is 4.59. The van der Waals surface area contributed by atoms with Crippen molar-refractivity contribution in [3.8, 4) is 0 Å². The topological polar surface area (TPSA) is 38.4 Å². The fraction of sp³-hybridized carbons (Fsp3) is 0.179. The molecule has 2 aliphatic carbocycles. The van der Waals surface area contributed by atoms with E-state index in [-0.39, 0.29) is 0 Å². The molecule has 1 aliphatic heterocycles. The largest absolute Gasteiger partial charge is 0.387 e. The normalized spacial score (nSPS) is 15.4. The van der Waals surface area contributed by atoms with E-state index in [9.17, 15) is 0 Å². The standard InChI is InChI=1S/C18H16.C10H10N2/c1-3-7-15-13(5-1)9-11-18-16-8-4-2-6-14(16)10-12-17(15)18;11-10-7-3-5-8-4-1-2-6-9(8)12-10/h1,3,5-7,9-10,12H,2,4,8,11H2;1-6H,7H2,(H2,11,12). The van der Waals surface area contributed by atoms with Crippen LogP contribution in [0.4, 0.5) is 5.69 Å². The Bertz CT molecular complexity index is 1380. The molecule has 0 saturated heterocycles. The van der Waals surface area contributed by atoms with E-state index in [0.717, 1.165) is 24.1 Å². The summed E-state index contributed by atoms with van der Waals surface area (Å²) in [4.78, 5) is 4.27. The Kier molecular flexibility index (Phi) is 5.06. The smallest absolute Gasteiger partial charge is 0.103 e. The molecule has 30 heavy (non-hydrogen) atoms. The summed E-state index contributed by atoms with van der Waals surface area (Å²) in [6.07, 6.45) is 14.5. The summed E-state index contributed by atoms with van der Waals surface area (Å²) in [6.45, 7) is 0. The van der Waals surface area contributed by atoms with Gasteiger partial charge in [0.15, 0.2) is 0 Å². The fourth-order valence-electron chi connectivity index (χ4n) is 4.59. The first-order valence-corrected chi connectivity index (χ1v) is 10.8. The molecule has 1 heterocycles. The van der Waals surface area contributed by atoms with Crippen LogP contribution in [0.1, 0.15) is 36.0 Å². The van der Waals surface area contributed by atoms with E-state index in [2.05, 4.69) is 59.6 Å². The van der Waals surface area contributed by atoms with E-state index < -0.39 is 0 Å². The van der Waals surface area contributed by atoms with Gasteiger partial charge in [0.2, 0.25) is 0 Å². The number of para-hydroxylation sites is 1. The van der Waals surface area contributed by atoms with Crippen LogP contribution in [0.25, 0.3) is 18.2 Å². The van der Waals surface area contributed by atoms with Gasteiger partial charge in [-0.05, 0) is 69.3 Å². The summed E-state index contributed by atoms with van der Waals surface area (Å²) in [5, 5.41) is 5.74. The number of amidine groups is 1. The van der Waals surface area contributed by atoms with Crippen LogP contribution in [-0.2, 0) is 12.8 Å². The van der Waals surface area contributed by atoms with Gasteiger partial charge in [-0.25, -0.2) is 4.99 Å². The molecular weight excluding hydrogens is 364 g/mol. The second-order valence-corrected chi connectivity index (χ2v) is 8.02. The van der Waals surface area contributed by atoms with Gasteiger partial charge in [-0.1, -0.05) is 78.9 Å². The first kappa shape index (κ1) is 18.6.